The van der Waals surface area contributed by atoms with Gasteiger partial charge in [-0.2, -0.15) is 0 Å². The van der Waals surface area contributed by atoms with Gasteiger partial charge in [-0.05, 0) is 13.0 Å². The Bertz CT molecular complexity index is 354. The average molecular weight is 195 g/mol. The van der Waals surface area contributed by atoms with Crippen molar-refractivity contribution in [3.8, 4) is 0 Å². The molecule has 0 aromatic carbocycles. The molecule has 2 amide bonds. The molecular formula is C9H9NO4. The summed E-state index contributed by atoms with van der Waals surface area (Å²) in [5.74, 6) is -2.09. The molecule has 5 heteroatoms. The first-order valence-electron chi connectivity index (χ1n) is 3.99. The molecule has 0 saturated carbocycles. The summed E-state index contributed by atoms with van der Waals surface area (Å²) >= 11 is 0. The van der Waals surface area contributed by atoms with Gasteiger partial charge in [0.25, 0.3) is 11.8 Å². The lowest BCUT2D eigenvalue weighted by Gasteiger charge is -2.12. The fourth-order valence-electron chi connectivity index (χ4n) is 0.917. The van der Waals surface area contributed by atoms with Crippen molar-refractivity contribution in [3.05, 3.63) is 23.8 Å². The summed E-state index contributed by atoms with van der Waals surface area (Å²) in [6.45, 7) is 5.17. The molecule has 1 aliphatic rings. The molecule has 1 heterocycles. The van der Waals surface area contributed by atoms with E-state index < -0.39 is 17.8 Å². The van der Waals surface area contributed by atoms with Crippen LogP contribution in [0, 0.1) is 0 Å². The minimum absolute atomic E-state index is 0.0626. The molecule has 0 atom stereocenters. The second-order valence-corrected chi connectivity index (χ2v) is 2.59. The maximum absolute atomic E-state index is 11.2. The molecule has 5 nitrogen and oxygen atoms in total. The van der Waals surface area contributed by atoms with Gasteiger partial charge in [-0.1, -0.05) is 6.58 Å². The SMILES string of the molecule is C=C1C=C(C(=O)OCC)C(=O)NC1=O. The maximum atomic E-state index is 11.2. The molecule has 0 aliphatic carbocycles. The number of imide groups is 1. The predicted molar refractivity (Wildman–Crippen MR) is 47.0 cm³/mol. The van der Waals surface area contributed by atoms with Crippen molar-refractivity contribution in [1.82, 2.24) is 5.32 Å². The quantitative estimate of drug-likeness (QED) is 0.284. The Labute approximate surface area is 80.4 Å². The van der Waals surface area contributed by atoms with Crippen LogP contribution in [0.1, 0.15) is 6.92 Å². The Morgan fingerprint density at radius 1 is 1.50 bits per heavy atom. The highest BCUT2D eigenvalue weighted by atomic mass is 16.5. The van der Waals surface area contributed by atoms with Crippen LogP contribution in [0.5, 0.6) is 0 Å². The van der Waals surface area contributed by atoms with Crippen molar-refractivity contribution in [2.45, 2.75) is 6.92 Å². The van der Waals surface area contributed by atoms with Crippen molar-refractivity contribution in [2.24, 2.45) is 0 Å². The Kier molecular flexibility index (Phi) is 2.81. The van der Waals surface area contributed by atoms with E-state index in [0.717, 1.165) is 6.08 Å². The number of hydrogen-bond donors (Lipinski definition) is 1. The minimum Gasteiger partial charge on any atom is -0.462 e. The summed E-state index contributed by atoms with van der Waals surface area (Å²) in [5, 5.41) is 1.97. The molecule has 74 valence electrons. The van der Waals surface area contributed by atoms with E-state index in [-0.39, 0.29) is 17.8 Å². The largest absolute Gasteiger partial charge is 0.462 e. The van der Waals surface area contributed by atoms with Crippen LogP contribution < -0.4 is 5.32 Å². The molecule has 0 aromatic heterocycles. The second-order valence-electron chi connectivity index (χ2n) is 2.59. The molecule has 0 aromatic rings. The first kappa shape index (κ1) is 10.2. The van der Waals surface area contributed by atoms with Crippen LogP contribution in [-0.2, 0) is 19.1 Å². The van der Waals surface area contributed by atoms with Gasteiger partial charge in [-0.15, -0.1) is 0 Å². The molecule has 0 radical (unpaired) electrons. The Balaban J connectivity index is 2.93. The highest BCUT2D eigenvalue weighted by Gasteiger charge is 2.27. The first-order chi connectivity index (χ1) is 6.56. The lowest BCUT2D eigenvalue weighted by molar-refractivity contribution is -0.140. The standard InChI is InChI=1S/C9H9NO4/c1-3-14-9(13)6-4-5(2)7(11)10-8(6)12/h4H,2-3H2,1H3,(H,10,11,12). The number of ether oxygens (including phenoxy) is 1. The zero-order valence-corrected chi connectivity index (χ0v) is 7.62. The van der Waals surface area contributed by atoms with Crippen LogP contribution in [0.25, 0.3) is 0 Å². The van der Waals surface area contributed by atoms with Crippen LogP contribution >= 0.6 is 0 Å². The fourth-order valence-corrected chi connectivity index (χ4v) is 0.917. The molecule has 0 saturated heterocycles. The monoisotopic (exact) mass is 195 g/mol. The fraction of sp³-hybridized carbons (Fsp3) is 0.222. The average Bonchev–Trinajstić information content (AvgIpc) is 2.11. The van der Waals surface area contributed by atoms with E-state index in [2.05, 4.69) is 11.3 Å². The number of rotatable bonds is 2. The molecular weight excluding hydrogens is 186 g/mol. The van der Waals surface area contributed by atoms with Crippen molar-refractivity contribution < 1.29 is 19.1 Å². The molecule has 1 N–H and O–H groups in total. The Morgan fingerprint density at radius 3 is 2.71 bits per heavy atom. The minimum atomic E-state index is -0.751. The third-order valence-electron chi connectivity index (χ3n) is 1.58. The lowest BCUT2D eigenvalue weighted by atomic mass is 10.1. The third kappa shape index (κ3) is 1.87. The van der Waals surface area contributed by atoms with Crippen molar-refractivity contribution >= 4 is 17.8 Å². The predicted octanol–water partition coefficient (Wildman–Crippen LogP) is -0.312. The van der Waals surface area contributed by atoms with Gasteiger partial charge in [0.1, 0.15) is 5.57 Å². The van der Waals surface area contributed by atoms with Gasteiger partial charge in [-0.3, -0.25) is 14.9 Å². The molecule has 0 bridgehead atoms. The number of hydrogen-bond acceptors (Lipinski definition) is 4. The third-order valence-corrected chi connectivity index (χ3v) is 1.58. The summed E-state index contributed by atoms with van der Waals surface area (Å²) in [6, 6.07) is 0. The zero-order chi connectivity index (χ0) is 10.7. The first-order valence-corrected chi connectivity index (χ1v) is 3.99. The maximum Gasteiger partial charge on any atom is 0.343 e. The zero-order valence-electron chi connectivity index (χ0n) is 7.62. The molecule has 0 fully saturated rings. The van der Waals surface area contributed by atoms with E-state index >= 15 is 0 Å². The highest BCUT2D eigenvalue weighted by Crippen LogP contribution is 2.09. The highest BCUT2D eigenvalue weighted by molar-refractivity contribution is 6.25. The smallest absolute Gasteiger partial charge is 0.343 e. The summed E-state index contributed by atoms with van der Waals surface area (Å²) in [5.41, 5.74) is -0.135. The number of esters is 1. The van der Waals surface area contributed by atoms with E-state index in [1.54, 1.807) is 6.92 Å². The van der Waals surface area contributed by atoms with Crippen LogP contribution in [0.3, 0.4) is 0 Å². The molecule has 0 spiro atoms. The van der Waals surface area contributed by atoms with Crippen LogP contribution in [0.4, 0.5) is 0 Å². The number of nitrogens with one attached hydrogen (secondary N) is 1. The Hall–Kier alpha value is -1.91. The number of carbonyl (C=O) groups is 3. The summed E-state index contributed by atoms with van der Waals surface area (Å²) in [7, 11) is 0. The lowest BCUT2D eigenvalue weighted by Crippen LogP contribution is -2.38. The summed E-state index contributed by atoms with van der Waals surface area (Å²) in [6.07, 6.45) is 1.12. The van der Waals surface area contributed by atoms with E-state index in [4.69, 9.17) is 0 Å². The Morgan fingerprint density at radius 2 is 2.14 bits per heavy atom. The van der Waals surface area contributed by atoms with Crippen molar-refractivity contribution in [3.63, 3.8) is 0 Å². The van der Waals surface area contributed by atoms with Gasteiger partial charge in [0.2, 0.25) is 0 Å². The topological polar surface area (TPSA) is 72.5 Å². The van der Waals surface area contributed by atoms with Gasteiger partial charge in [0.05, 0.1) is 6.61 Å². The number of carbonyl (C=O) groups excluding carboxylic acids is 3. The molecule has 1 aliphatic heterocycles. The number of amides is 2. The van der Waals surface area contributed by atoms with Crippen LogP contribution in [0.15, 0.2) is 23.8 Å². The van der Waals surface area contributed by atoms with Gasteiger partial charge in [0, 0.05) is 5.57 Å². The summed E-state index contributed by atoms with van der Waals surface area (Å²) < 4.78 is 4.61. The van der Waals surface area contributed by atoms with Crippen LogP contribution in [-0.4, -0.2) is 24.4 Å². The van der Waals surface area contributed by atoms with Crippen LogP contribution in [0.2, 0.25) is 0 Å². The van der Waals surface area contributed by atoms with Gasteiger partial charge in [0.15, 0.2) is 0 Å². The van der Waals surface area contributed by atoms with Crippen molar-refractivity contribution in [1.29, 1.82) is 0 Å². The van der Waals surface area contributed by atoms with Crippen molar-refractivity contribution in [2.75, 3.05) is 6.61 Å². The molecule has 0 unspecified atom stereocenters. The van der Waals surface area contributed by atoms with E-state index in [9.17, 15) is 14.4 Å². The van der Waals surface area contributed by atoms with E-state index in [0.29, 0.717) is 0 Å². The van der Waals surface area contributed by atoms with E-state index in [1.807, 2.05) is 5.32 Å². The normalized spacial score (nSPS) is 16.1. The van der Waals surface area contributed by atoms with E-state index in [1.165, 1.54) is 0 Å². The van der Waals surface area contributed by atoms with Gasteiger partial charge in [-0.25, -0.2) is 4.79 Å². The molecule has 14 heavy (non-hydrogen) atoms. The van der Waals surface area contributed by atoms with Gasteiger partial charge < -0.3 is 4.74 Å². The summed E-state index contributed by atoms with van der Waals surface area (Å²) in [4.78, 5) is 33.2. The second kappa shape index (κ2) is 3.87. The van der Waals surface area contributed by atoms with Gasteiger partial charge >= 0.3 is 5.97 Å². The molecule has 1 rings (SSSR count).